The maximum atomic E-state index is 14.0. The van der Waals surface area contributed by atoms with Gasteiger partial charge in [0, 0.05) is 46.4 Å². The number of esters is 1. The number of aromatic nitrogens is 1. The lowest BCUT2D eigenvalue weighted by Crippen LogP contribution is -2.40. The molecule has 11 nitrogen and oxygen atoms in total. The maximum absolute atomic E-state index is 14.0. The Morgan fingerprint density at radius 2 is 1.52 bits per heavy atom. The molecule has 2 atom stereocenters. The van der Waals surface area contributed by atoms with Gasteiger partial charge in [-0.15, -0.1) is 11.3 Å². The van der Waals surface area contributed by atoms with Crippen LogP contribution in [0.5, 0.6) is 5.75 Å². The lowest BCUT2D eigenvalue weighted by atomic mass is 9.85. The number of thiophene rings is 1. The number of rotatable bonds is 17. The number of carbonyl (C=O) groups excluding carboxylic acids is 2. The van der Waals surface area contributed by atoms with E-state index < -0.39 is 17.7 Å². The minimum absolute atomic E-state index is 0.0580. The molecule has 2 aromatic heterocycles. The zero-order valence-electron chi connectivity index (χ0n) is 35.4. The fourth-order valence-electron chi connectivity index (χ4n) is 8.28. The van der Waals surface area contributed by atoms with Crippen LogP contribution >= 0.6 is 11.3 Å². The molecular weight excluding hydrogens is 825 g/mol. The van der Waals surface area contributed by atoms with Gasteiger partial charge in [0.05, 0.1) is 31.2 Å². The van der Waals surface area contributed by atoms with E-state index >= 15 is 0 Å². The fraction of sp³-hybridized carbons (Fsp3) is 0.250. The number of nitrogens with one attached hydrogen (secondary N) is 3. The van der Waals surface area contributed by atoms with E-state index in [1.54, 1.807) is 42.5 Å². The summed E-state index contributed by atoms with van der Waals surface area (Å²) in [5.74, 6) is -0.651. The lowest BCUT2D eigenvalue weighted by Gasteiger charge is -2.33. The molecule has 7 aromatic rings. The van der Waals surface area contributed by atoms with Gasteiger partial charge in [-0.3, -0.25) is 14.5 Å². The van der Waals surface area contributed by atoms with E-state index in [0.717, 1.165) is 58.9 Å². The highest BCUT2D eigenvalue weighted by molar-refractivity contribution is 7.15. The summed E-state index contributed by atoms with van der Waals surface area (Å²) >= 11 is 1.53. The molecule has 3 heterocycles. The molecule has 5 aromatic carbocycles. The number of pyridine rings is 1. The number of benzene rings is 5. The third-order valence-corrected chi connectivity index (χ3v) is 13.0. The average Bonchev–Trinajstić information content (AvgIpc) is 3.81. The van der Waals surface area contributed by atoms with Crippen LogP contribution in [0.2, 0.25) is 0 Å². The summed E-state index contributed by atoms with van der Waals surface area (Å²) in [4.78, 5) is 45.6. The van der Waals surface area contributed by atoms with Crippen molar-refractivity contribution in [2.24, 2.45) is 5.92 Å². The second-order valence-electron chi connectivity index (χ2n) is 16.4. The number of nitrogens with zero attached hydrogens (tertiary/aromatic N) is 1. The van der Waals surface area contributed by atoms with Gasteiger partial charge in [0.1, 0.15) is 5.75 Å². The number of aromatic hydroxyl groups is 1. The van der Waals surface area contributed by atoms with Crippen LogP contribution in [-0.4, -0.2) is 63.3 Å². The number of hydrogen-bond donors (Lipinski definition) is 6. The minimum atomic E-state index is -2.01. The first-order valence-electron chi connectivity index (χ1n) is 21.6. The summed E-state index contributed by atoms with van der Waals surface area (Å²) in [5, 5.41) is 40.2. The first-order chi connectivity index (χ1) is 31.1. The minimum Gasteiger partial charge on any atom is -0.506 e. The number of ether oxygens (including phenoxy) is 1. The number of phenols is 1. The molecule has 0 bridgehead atoms. The van der Waals surface area contributed by atoms with Crippen LogP contribution < -0.4 is 16.2 Å². The molecule has 0 saturated carbocycles. The molecule has 6 N–H and O–H groups in total. The summed E-state index contributed by atoms with van der Waals surface area (Å²) in [5.41, 5.74) is 3.37. The molecule has 1 aliphatic heterocycles. The van der Waals surface area contributed by atoms with Crippen LogP contribution in [0.4, 0.5) is 0 Å². The van der Waals surface area contributed by atoms with Crippen LogP contribution in [0.25, 0.3) is 21.3 Å². The number of phenolic OH excluding ortho intramolecular Hbond substituents is 1. The van der Waals surface area contributed by atoms with Gasteiger partial charge in [-0.1, -0.05) is 109 Å². The molecular formula is C52H52N4O7S. The molecule has 0 unspecified atom stereocenters. The van der Waals surface area contributed by atoms with E-state index in [9.17, 15) is 29.7 Å². The molecule has 8 rings (SSSR count). The fourth-order valence-corrected chi connectivity index (χ4v) is 9.22. The first kappa shape index (κ1) is 44.2. The predicted molar refractivity (Wildman–Crippen MR) is 249 cm³/mol. The van der Waals surface area contributed by atoms with Crippen molar-refractivity contribution in [2.45, 2.75) is 50.6 Å². The second-order valence-corrected chi connectivity index (χ2v) is 17.6. The molecule has 328 valence electrons. The highest BCUT2D eigenvalue weighted by Gasteiger charge is 2.42. The van der Waals surface area contributed by atoms with Gasteiger partial charge >= 0.3 is 5.97 Å². The second kappa shape index (κ2) is 20.4. The molecule has 1 fully saturated rings. The Hall–Kier alpha value is -6.41. The van der Waals surface area contributed by atoms with Crippen molar-refractivity contribution in [1.29, 1.82) is 0 Å². The van der Waals surface area contributed by atoms with Crippen molar-refractivity contribution in [1.82, 2.24) is 20.5 Å². The van der Waals surface area contributed by atoms with Crippen LogP contribution in [0.1, 0.15) is 57.2 Å². The number of fused-ring (bicyclic) bond motifs is 1. The van der Waals surface area contributed by atoms with Gasteiger partial charge in [0.25, 0.3) is 0 Å². The van der Waals surface area contributed by atoms with Crippen LogP contribution in [-0.2, 0) is 46.0 Å². The Kier molecular flexibility index (Phi) is 14.1. The summed E-state index contributed by atoms with van der Waals surface area (Å²) in [6, 6.07) is 44.5. The van der Waals surface area contributed by atoms with Crippen molar-refractivity contribution in [3.63, 3.8) is 0 Å². The van der Waals surface area contributed by atoms with Gasteiger partial charge < -0.3 is 35.7 Å². The number of aliphatic hydroxyl groups excluding tert-OH is 1. The van der Waals surface area contributed by atoms with E-state index in [1.165, 1.54) is 29.0 Å². The van der Waals surface area contributed by atoms with E-state index in [1.807, 2.05) is 66.7 Å². The number of likely N-dealkylation sites (tertiary alicyclic amines) is 1. The Morgan fingerprint density at radius 1 is 0.797 bits per heavy atom. The zero-order chi connectivity index (χ0) is 44.5. The number of carbonyl (C=O) groups is 2. The topological polar surface area (TPSA) is 164 Å². The Balaban J connectivity index is 0.827. The van der Waals surface area contributed by atoms with Gasteiger partial charge in [0.15, 0.2) is 0 Å². The highest BCUT2D eigenvalue weighted by Crippen LogP contribution is 2.36. The Morgan fingerprint density at radius 3 is 2.28 bits per heavy atom. The number of piperidine rings is 1. The van der Waals surface area contributed by atoms with Crippen LogP contribution in [0.3, 0.4) is 0 Å². The van der Waals surface area contributed by atoms with E-state index in [0.29, 0.717) is 35.2 Å². The summed E-state index contributed by atoms with van der Waals surface area (Å²) < 4.78 is 5.95. The maximum Gasteiger partial charge on any atom is 0.347 e. The quantitative estimate of drug-likeness (QED) is 0.0514. The average molecular weight is 877 g/mol. The normalized spacial score (nSPS) is 14.8. The van der Waals surface area contributed by atoms with Gasteiger partial charge in [0.2, 0.25) is 17.1 Å². The zero-order valence-corrected chi connectivity index (χ0v) is 36.2. The largest absolute Gasteiger partial charge is 0.506 e. The van der Waals surface area contributed by atoms with Gasteiger partial charge in [-0.05, 0) is 95.6 Å². The van der Waals surface area contributed by atoms with Crippen molar-refractivity contribution in [3.05, 3.63) is 194 Å². The third kappa shape index (κ3) is 10.7. The van der Waals surface area contributed by atoms with Crippen molar-refractivity contribution < 1.29 is 29.6 Å². The van der Waals surface area contributed by atoms with Crippen molar-refractivity contribution in [2.75, 3.05) is 26.2 Å². The molecule has 64 heavy (non-hydrogen) atoms. The molecule has 0 radical (unpaired) electrons. The van der Waals surface area contributed by atoms with E-state index in [-0.39, 0.29) is 48.2 Å². The number of H-pyrrole nitrogens is 1. The van der Waals surface area contributed by atoms with Crippen molar-refractivity contribution >= 4 is 34.1 Å². The summed E-state index contributed by atoms with van der Waals surface area (Å²) in [7, 11) is 0. The highest BCUT2D eigenvalue weighted by atomic mass is 32.1. The number of amides is 1. The van der Waals surface area contributed by atoms with E-state index in [4.69, 9.17) is 4.74 Å². The van der Waals surface area contributed by atoms with Crippen LogP contribution in [0.15, 0.2) is 150 Å². The molecule has 0 aliphatic carbocycles. The monoisotopic (exact) mass is 876 g/mol. The number of aliphatic hydroxyl groups is 2. The molecule has 1 amide bonds. The Labute approximate surface area is 376 Å². The Bertz CT molecular complexity index is 2730. The number of hydrogen-bond acceptors (Lipinski definition) is 10. The van der Waals surface area contributed by atoms with Gasteiger partial charge in [-0.25, -0.2) is 4.79 Å². The summed E-state index contributed by atoms with van der Waals surface area (Å²) in [6.45, 7) is 4.09. The molecule has 1 saturated heterocycles. The predicted octanol–water partition coefficient (Wildman–Crippen LogP) is 7.34. The number of aromatic amines is 1. The molecule has 0 spiro atoms. The molecule has 12 heteroatoms. The SMILES string of the molecule is O=C(Cc1ccc(CNC[C@H](O)c2ccc(O)c3[nH]c(=O)ccc23)cc1)NCc1ccc(-c2cccc([C@](O)(C(=O)OCC3CCN(Cc4ccccc4)CC3)c3ccccc3)c2)s1. The standard InChI is InChI=1S/C52H52N4O7S/c57-45-21-19-43(44-20-23-48(59)55-50(44)45)46(58)32-53-30-36-16-14-35(15-17-36)28-49(60)54-31-42-18-22-47(64-42)39-10-7-13-41(29-39)52(62,40-11-5-2-6-12-40)51(61)63-34-38-24-26-56(27-25-38)33-37-8-3-1-4-9-37/h1-23,29,38,46,53,57-58,62H,24-28,30-34H2,(H,54,60)(H,55,59)/t46-,52-/m0/s1. The lowest BCUT2D eigenvalue weighted by molar-refractivity contribution is -0.164. The third-order valence-electron chi connectivity index (χ3n) is 11.9. The van der Waals surface area contributed by atoms with Crippen molar-refractivity contribution in [3.8, 4) is 16.2 Å². The first-order valence-corrected chi connectivity index (χ1v) is 22.4. The van der Waals surface area contributed by atoms with E-state index in [2.05, 4.69) is 44.8 Å². The summed E-state index contributed by atoms with van der Waals surface area (Å²) in [6.07, 6.45) is 1.17. The van der Waals surface area contributed by atoms with Gasteiger partial charge in [-0.2, -0.15) is 0 Å². The smallest absolute Gasteiger partial charge is 0.347 e. The van der Waals surface area contributed by atoms with Crippen LogP contribution in [0, 0.1) is 5.92 Å². The molecule has 1 aliphatic rings.